The first-order chi connectivity index (χ1) is 6.79. The summed E-state index contributed by atoms with van der Waals surface area (Å²) >= 11 is 3.46. The monoisotopic (exact) mass is 249 g/mol. The molecule has 1 aromatic carbocycles. The molecule has 0 spiro atoms. The van der Waals surface area contributed by atoms with Crippen LogP contribution < -0.4 is 5.73 Å². The fourth-order valence-corrected chi connectivity index (χ4v) is 1.72. The molecule has 70 valence electrons. The number of hydrogen-bond donors (Lipinski definition) is 1. The summed E-state index contributed by atoms with van der Waals surface area (Å²) in [5, 5.41) is 0. The van der Waals surface area contributed by atoms with E-state index in [-0.39, 0.29) is 0 Å². The second-order valence-corrected chi connectivity index (χ2v) is 3.66. The fourth-order valence-electron chi connectivity index (χ4n) is 1.23. The number of benzene rings is 1. The van der Waals surface area contributed by atoms with Crippen LogP contribution in [0.25, 0.3) is 11.1 Å². The summed E-state index contributed by atoms with van der Waals surface area (Å²) < 4.78 is 0.988. The smallest absolute Gasteiger partial charge is 0.134 e. The van der Waals surface area contributed by atoms with Crippen LogP contribution in [0.5, 0.6) is 0 Å². The van der Waals surface area contributed by atoms with Crippen molar-refractivity contribution in [1.82, 2.24) is 9.97 Å². The van der Waals surface area contributed by atoms with Crippen molar-refractivity contribution in [1.29, 1.82) is 0 Å². The lowest BCUT2D eigenvalue weighted by Gasteiger charge is -2.05. The molecule has 0 amide bonds. The van der Waals surface area contributed by atoms with Crippen molar-refractivity contribution in [2.75, 3.05) is 5.73 Å². The molecule has 2 rings (SSSR count). The van der Waals surface area contributed by atoms with Crippen LogP contribution in [-0.2, 0) is 0 Å². The number of nitrogens with zero attached hydrogens (tertiary/aromatic N) is 2. The number of nitrogens with two attached hydrogens (primary N) is 1. The van der Waals surface area contributed by atoms with Gasteiger partial charge in [-0.25, -0.2) is 9.97 Å². The van der Waals surface area contributed by atoms with Crippen LogP contribution in [0.1, 0.15) is 0 Å². The summed E-state index contributed by atoms with van der Waals surface area (Å²) in [5.41, 5.74) is 7.60. The third kappa shape index (κ3) is 1.61. The third-order valence-electron chi connectivity index (χ3n) is 1.91. The van der Waals surface area contributed by atoms with E-state index in [4.69, 9.17) is 5.73 Å². The molecule has 0 atom stereocenters. The highest BCUT2D eigenvalue weighted by Crippen LogP contribution is 2.29. The van der Waals surface area contributed by atoms with Crippen LogP contribution >= 0.6 is 15.9 Å². The van der Waals surface area contributed by atoms with Gasteiger partial charge >= 0.3 is 0 Å². The lowest BCUT2D eigenvalue weighted by molar-refractivity contribution is 1.18. The molecule has 0 aliphatic heterocycles. The first-order valence-corrected chi connectivity index (χ1v) is 4.88. The highest BCUT2D eigenvalue weighted by molar-refractivity contribution is 9.10. The Morgan fingerprint density at radius 2 is 1.93 bits per heavy atom. The van der Waals surface area contributed by atoms with Gasteiger partial charge in [-0.3, -0.25) is 0 Å². The van der Waals surface area contributed by atoms with Crippen molar-refractivity contribution in [2.24, 2.45) is 0 Å². The van der Waals surface area contributed by atoms with Gasteiger partial charge in [0.15, 0.2) is 0 Å². The van der Waals surface area contributed by atoms with Crippen molar-refractivity contribution in [2.45, 2.75) is 0 Å². The Morgan fingerprint density at radius 1 is 1.14 bits per heavy atom. The summed E-state index contributed by atoms with van der Waals surface area (Å²) in [6.45, 7) is 0. The van der Waals surface area contributed by atoms with Crippen LogP contribution in [0.15, 0.2) is 41.3 Å². The van der Waals surface area contributed by atoms with Gasteiger partial charge in [-0.2, -0.15) is 0 Å². The summed E-state index contributed by atoms with van der Waals surface area (Å²) in [7, 11) is 0. The van der Waals surface area contributed by atoms with Gasteiger partial charge in [0.05, 0.1) is 0 Å². The van der Waals surface area contributed by atoms with Crippen molar-refractivity contribution < 1.29 is 0 Å². The quantitative estimate of drug-likeness (QED) is 0.845. The van der Waals surface area contributed by atoms with Gasteiger partial charge in [-0.15, -0.1) is 0 Å². The van der Waals surface area contributed by atoms with Gasteiger partial charge < -0.3 is 5.73 Å². The van der Waals surface area contributed by atoms with Gasteiger partial charge in [0.2, 0.25) is 0 Å². The predicted molar refractivity (Wildman–Crippen MR) is 59.6 cm³/mol. The molecule has 0 saturated heterocycles. The molecule has 2 N–H and O–H groups in total. The van der Waals surface area contributed by atoms with E-state index in [1.807, 2.05) is 24.3 Å². The van der Waals surface area contributed by atoms with E-state index >= 15 is 0 Å². The molecule has 0 unspecified atom stereocenters. The Kier molecular flexibility index (Phi) is 2.45. The van der Waals surface area contributed by atoms with E-state index in [1.165, 1.54) is 6.33 Å². The van der Waals surface area contributed by atoms with Crippen LogP contribution in [-0.4, -0.2) is 9.97 Å². The zero-order chi connectivity index (χ0) is 9.97. The Morgan fingerprint density at radius 3 is 2.64 bits per heavy atom. The van der Waals surface area contributed by atoms with Crippen molar-refractivity contribution in [3.8, 4) is 11.1 Å². The Bertz CT molecular complexity index is 413. The average molecular weight is 250 g/mol. The van der Waals surface area contributed by atoms with E-state index in [0.717, 1.165) is 15.6 Å². The molecule has 1 aromatic heterocycles. The molecule has 1 heterocycles. The average Bonchev–Trinajstić information content (AvgIpc) is 2.20. The van der Waals surface area contributed by atoms with E-state index in [0.29, 0.717) is 5.82 Å². The minimum Gasteiger partial charge on any atom is -0.383 e. The molecule has 0 bridgehead atoms. The standard InChI is InChI=1S/C10H8BrN3/c11-9-4-2-1-3-7(9)8-5-13-6-14-10(8)12/h1-6H,(H2,12,13,14). The summed E-state index contributed by atoms with van der Waals surface area (Å²) in [6.07, 6.45) is 3.15. The summed E-state index contributed by atoms with van der Waals surface area (Å²) in [5.74, 6) is 0.493. The summed E-state index contributed by atoms with van der Waals surface area (Å²) in [6, 6.07) is 7.83. The molecule has 0 fully saturated rings. The lowest BCUT2D eigenvalue weighted by atomic mass is 10.1. The molecule has 0 radical (unpaired) electrons. The lowest BCUT2D eigenvalue weighted by Crippen LogP contribution is -1.94. The maximum Gasteiger partial charge on any atom is 0.134 e. The summed E-state index contributed by atoms with van der Waals surface area (Å²) in [4.78, 5) is 7.89. The molecule has 4 heteroatoms. The number of aromatic nitrogens is 2. The van der Waals surface area contributed by atoms with E-state index < -0.39 is 0 Å². The Balaban J connectivity index is 2.61. The zero-order valence-electron chi connectivity index (χ0n) is 7.31. The molecule has 0 saturated carbocycles. The van der Waals surface area contributed by atoms with Crippen LogP contribution in [0.3, 0.4) is 0 Å². The highest BCUT2D eigenvalue weighted by Gasteiger charge is 2.05. The Hall–Kier alpha value is -1.42. The van der Waals surface area contributed by atoms with Gasteiger partial charge in [-0.1, -0.05) is 34.1 Å². The van der Waals surface area contributed by atoms with Crippen LogP contribution in [0.2, 0.25) is 0 Å². The van der Waals surface area contributed by atoms with Crippen molar-refractivity contribution in [3.63, 3.8) is 0 Å². The first kappa shape index (κ1) is 9.15. The highest BCUT2D eigenvalue weighted by atomic mass is 79.9. The van der Waals surface area contributed by atoms with Gasteiger partial charge in [-0.05, 0) is 6.07 Å². The zero-order valence-corrected chi connectivity index (χ0v) is 8.90. The third-order valence-corrected chi connectivity index (χ3v) is 2.60. The van der Waals surface area contributed by atoms with E-state index in [9.17, 15) is 0 Å². The number of hydrogen-bond acceptors (Lipinski definition) is 3. The molecular weight excluding hydrogens is 242 g/mol. The number of halogens is 1. The van der Waals surface area contributed by atoms with Gasteiger partial charge in [0.1, 0.15) is 12.1 Å². The van der Waals surface area contributed by atoms with Crippen LogP contribution in [0, 0.1) is 0 Å². The molecule has 14 heavy (non-hydrogen) atoms. The minimum absolute atomic E-state index is 0.493. The predicted octanol–water partition coefficient (Wildman–Crippen LogP) is 2.49. The largest absolute Gasteiger partial charge is 0.383 e. The second-order valence-electron chi connectivity index (χ2n) is 2.80. The van der Waals surface area contributed by atoms with Gasteiger partial charge in [0.25, 0.3) is 0 Å². The molecule has 2 aromatic rings. The van der Waals surface area contributed by atoms with E-state index in [2.05, 4.69) is 25.9 Å². The maximum absolute atomic E-state index is 5.75. The maximum atomic E-state index is 5.75. The molecule has 0 aliphatic carbocycles. The Labute approximate surface area is 90.1 Å². The second kappa shape index (κ2) is 3.75. The normalized spacial score (nSPS) is 10.1. The number of anilines is 1. The number of nitrogen functional groups attached to an aromatic ring is 1. The molecule has 0 aliphatic rings. The number of rotatable bonds is 1. The fraction of sp³-hybridized carbons (Fsp3) is 0. The van der Waals surface area contributed by atoms with Crippen molar-refractivity contribution >= 4 is 21.7 Å². The van der Waals surface area contributed by atoms with Gasteiger partial charge in [0, 0.05) is 21.8 Å². The minimum atomic E-state index is 0.493. The molecular formula is C10H8BrN3. The van der Waals surface area contributed by atoms with E-state index in [1.54, 1.807) is 6.20 Å². The molecule has 3 nitrogen and oxygen atoms in total. The topological polar surface area (TPSA) is 51.8 Å². The SMILES string of the molecule is Nc1ncncc1-c1ccccc1Br. The first-order valence-electron chi connectivity index (χ1n) is 4.09. The van der Waals surface area contributed by atoms with Crippen molar-refractivity contribution in [3.05, 3.63) is 41.3 Å². The van der Waals surface area contributed by atoms with Crippen LogP contribution in [0.4, 0.5) is 5.82 Å².